The fraction of sp³-hybridized carbons (Fsp3) is 0.250. The van der Waals surface area contributed by atoms with Crippen LogP contribution in [-0.2, 0) is 9.53 Å². The molecule has 0 radical (unpaired) electrons. The summed E-state index contributed by atoms with van der Waals surface area (Å²) in [6.45, 7) is 2.12. The van der Waals surface area contributed by atoms with Crippen molar-refractivity contribution >= 4 is 34.3 Å². The molecule has 2 aromatic carbocycles. The molecule has 0 amide bonds. The third-order valence-electron chi connectivity index (χ3n) is 4.06. The zero-order chi connectivity index (χ0) is 19.2. The Kier molecular flexibility index (Phi) is 5.71. The van der Waals surface area contributed by atoms with Gasteiger partial charge in [0, 0.05) is 18.1 Å². The minimum absolute atomic E-state index is 0.0118. The van der Waals surface area contributed by atoms with Gasteiger partial charge in [0.25, 0.3) is 0 Å². The van der Waals surface area contributed by atoms with E-state index in [1.54, 1.807) is 14.0 Å². The number of methoxy groups -OCH3 is 1. The summed E-state index contributed by atoms with van der Waals surface area (Å²) < 4.78 is 10.2. The Labute approximate surface area is 157 Å². The number of aromatic nitrogens is 2. The molecule has 0 saturated carbocycles. The highest BCUT2D eigenvalue weighted by molar-refractivity contribution is 5.92. The number of anilines is 3. The summed E-state index contributed by atoms with van der Waals surface area (Å²) in [5.74, 6) is 1.55. The lowest BCUT2D eigenvalue weighted by molar-refractivity contribution is -0.140. The first kappa shape index (κ1) is 18.4. The van der Waals surface area contributed by atoms with Gasteiger partial charge >= 0.3 is 5.97 Å². The van der Waals surface area contributed by atoms with E-state index in [2.05, 4.69) is 15.3 Å². The normalized spacial score (nSPS) is 10.5. The Morgan fingerprint density at radius 1 is 1.11 bits per heavy atom. The molecular formula is C20H22N4O3. The van der Waals surface area contributed by atoms with E-state index in [9.17, 15) is 4.79 Å². The fourth-order valence-corrected chi connectivity index (χ4v) is 2.69. The third kappa shape index (κ3) is 4.25. The Balaban J connectivity index is 1.95. The molecule has 7 nitrogen and oxygen atoms in total. The molecule has 0 aliphatic carbocycles. The van der Waals surface area contributed by atoms with Gasteiger partial charge in [0.2, 0.25) is 5.95 Å². The van der Waals surface area contributed by atoms with Gasteiger partial charge in [0.1, 0.15) is 18.1 Å². The number of benzene rings is 2. The van der Waals surface area contributed by atoms with Crippen molar-refractivity contribution < 1.29 is 14.3 Å². The summed E-state index contributed by atoms with van der Waals surface area (Å²) in [5.41, 5.74) is 1.74. The molecule has 0 fully saturated rings. The average Bonchev–Trinajstić information content (AvgIpc) is 2.71. The van der Waals surface area contributed by atoms with Crippen molar-refractivity contribution in [3.05, 3.63) is 48.5 Å². The standard InChI is InChI=1S/C20H22N4O3/c1-4-27-18(25)13-21-20-22-17-8-6-5-7-16(17)19(23-20)24(2)14-9-11-15(26-3)12-10-14/h5-12H,4,13H2,1-3H3,(H,21,22,23). The quantitative estimate of drug-likeness (QED) is 0.642. The van der Waals surface area contributed by atoms with Crippen LogP contribution in [0.4, 0.5) is 17.5 Å². The topological polar surface area (TPSA) is 76.6 Å². The van der Waals surface area contributed by atoms with Crippen LogP contribution in [0.25, 0.3) is 10.9 Å². The number of fused-ring (bicyclic) bond motifs is 1. The minimum Gasteiger partial charge on any atom is -0.497 e. The van der Waals surface area contributed by atoms with Crippen molar-refractivity contribution in [2.45, 2.75) is 6.92 Å². The van der Waals surface area contributed by atoms with Crippen molar-refractivity contribution in [1.29, 1.82) is 0 Å². The number of nitrogens with zero attached hydrogens (tertiary/aromatic N) is 3. The van der Waals surface area contributed by atoms with Gasteiger partial charge in [-0.05, 0) is 43.3 Å². The molecule has 0 aliphatic heterocycles. The number of para-hydroxylation sites is 1. The van der Waals surface area contributed by atoms with Crippen molar-refractivity contribution in [2.75, 3.05) is 37.5 Å². The van der Waals surface area contributed by atoms with Gasteiger partial charge in [-0.1, -0.05) is 12.1 Å². The Morgan fingerprint density at radius 3 is 2.56 bits per heavy atom. The summed E-state index contributed by atoms with van der Waals surface area (Å²) in [4.78, 5) is 22.7. The molecule has 1 N–H and O–H groups in total. The van der Waals surface area contributed by atoms with E-state index in [1.807, 2.05) is 60.5 Å². The van der Waals surface area contributed by atoms with E-state index in [-0.39, 0.29) is 12.5 Å². The van der Waals surface area contributed by atoms with Crippen LogP contribution in [0, 0.1) is 0 Å². The second-order valence-electron chi connectivity index (χ2n) is 5.80. The number of ether oxygens (including phenoxy) is 2. The molecule has 1 aromatic heterocycles. The monoisotopic (exact) mass is 366 g/mol. The maximum absolute atomic E-state index is 11.6. The molecule has 140 valence electrons. The predicted molar refractivity (Wildman–Crippen MR) is 106 cm³/mol. The number of carbonyl (C=O) groups is 1. The second kappa shape index (κ2) is 8.35. The first-order valence-corrected chi connectivity index (χ1v) is 8.66. The van der Waals surface area contributed by atoms with Crippen molar-refractivity contribution in [3.63, 3.8) is 0 Å². The molecular weight excluding hydrogens is 344 g/mol. The number of rotatable bonds is 7. The lowest BCUT2D eigenvalue weighted by Crippen LogP contribution is -2.19. The minimum atomic E-state index is -0.348. The summed E-state index contributed by atoms with van der Waals surface area (Å²) in [7, 11) is 3.57. The third-order valence-corrected chi connectivity index (χ3v) is 4.06. The molecule has 1 heterocycles. The molecule has 0 saturated heterocycles. The molecule has 0 aliphatic rings. The maximum atomic E-state index is 11.6. The van der Waals surface area contributed by atoms with Crippen LogP contribution in [0.1, 0.15) is 6.92 Å². The first-order chi connectivity index (χ1) is 13.1. The van der Waals surface area contributed by atoms with E-state index in [0.29, 0.717) is 12.6 Å². The summed E-state index contributed by atoms with van der Waals surface area (Å²) >= 11 is 0. The SMILES string of the molecule is CCOC(=O)CNc1nc(N(C)c2ccc(OC)cc2)c2ccccc2n1. The number of carbonyl (C=O) groups excluding carboxylic acids is 1. The molecule has 7 heteroatoms. The Bertz CT molecular complexity index is 928. The lowest BCUT2D eigenvalue weighted by Gasteiger charge is -2.21. The molecule has 0 bridgehead atoms. The van der Waals surface area contributed by atoms with Crippen LogP contribution in [0.2, 0.25) is 0 Å². The number of esters is 1. The van der Waals surface area contributed by atoms with Crippen LogP contribution in [0.3, 0.4) is 0 Å². The van der Waals surface area contributed by atoms with Crippen molar-refractivity contribution in [2.24, 2.45) is 0 Å². The molecule has 0 spiro atoms. The van der Waals surface area contributed by atoms with Gasteiger partial charge < -0.3 is 19.7 Å². The van der Waals surface area contributed by atoms with Crippen molar-refractivity contribution in [1.82, 2.24) is 9.97 Å². The highest BCUT2D eigenvalue weighted by Gasteiger charge is 2.14. The zero-order valence-electron chi connectivity index (χ0n) is 15.6. The molecule has 27 heavy (non-hydrogen) atoms. The van der Waals surface area contributed by atoms with Crippen LogP contribution >= 0.6 is 0 Å². The van der Waals surface area contributed by atoms with E-state index >= 15 is 0 Å². The first-order valence-electron chi connectivity index (χ1n) is 8.66. The van der Waals surface area contributed by atoms with Crippen molar-refractivity contribution in [3.8, 4) is 5.75 Å². The molecule has 3 rings (SSSR count). The van der Waals surface area contributed by atoms with Gasteiger partial charge in [0.05, 0.1) is 19.2 Å². The van der Waals surface area contributed by atoms with Gasteiger partial charge in [0.15, 0.2) is 0 Å². The molecule has 3 aromatic rings. The molecule has 0 atom stereocenters. The number of nitrogens with one attached hydrogen (secondary N) is 1. The summed E-state index contributed by atoms with van der Waals surface area (Å²) in [6.07, 6.45) is 0. The van der Waals surface area contributed by atoms with Crippen LogP contribution in [-0.4, -0.2) is 43.2 Å². The largest absolute Gasteiger partial charge is 0.497 e. The predicted octanol–water partition coefficient (Wildman–Crippen LogP) is 3.38. The van der Waals surface area contributed by atoms with Gasteiger partial charge in [-0.2, -0.15) is 4.98 Å². The smallest absolute Gasteiger partial charge is 0.325 e. The lowest BCUT2D eigenvalue weighted by atomic mass is 10.2. The average molecular weight is 366 g/mol. The van der Waals surface area contributed by atoms with E-state index < -0.39 is 0 Å². The van der Waals surface area contributed by atoms with Crippen LogP contribution in [0.5, 0.6) is 5.75 Å². The van der Waals surface area contributed by atoms with E-state index in [4.69, 9.17) is 9.47 Å². The highest BCUT2D eigenvalue weighted by atomic mass is 16.5. The van der Waals surface area contributed by atoms with E-state index in [1.165, 1.54) is 0 Å². The van der Waals surface area contributed by atoms with Crippen LogP contribution < -0.4 is 15.0 Å². The fourth-order valence-electron chi connectivity index (χ4n) is 2.69. The highest BCUT2D eigenvalue weighted by Crippen LogP contribution is 2.30. The second-order valence-corrected chi connectivity index (χ2v) is 5.80. The Morgan fingerprint density at radius 2 is 1.85 bits per heavy atom. The summed E-state index contributed by atoms with van der Waals surface area (Å²) in [5, 5.41) is 3.86. The number of hydrogen-bond acceptors (Lipinski definition) is 7. The Hall–Kier alpha value is -3.35. The maximum Gasteiger partial charge on any atom is 0.325 e. The zero-order valence-corrected chi connectivity index (χ0v) is 15.6. The van der Waals surface area contributed by atoms with E-state index in [0.717, 1.165) is 28.2 Å². The molecule has 0 unspecified atom stereocenters. The van der Waals surface area contributed by atoms with Gasteiger partial charge in [-0.15, -0.1) is 0 Å². The van der Waals surface area contributed by atoms with Gasteiger partial charge in [-0.25, -0.2) is 4.98 Å². The van der Waals surface area contributed by atoms with Gasteiger partial charge in [-0.3, -0.25) is 4.79 Å². The van der Waals surface area contributed by atoms with Crippen LogP contribution in [0.15, 0.2) is 48.5 Å². The summed E-state index contributed by atoms with van der Waals surface area (Å²) in [6, 6.07) is 15.5. The number of hydrogen-bond donors (Lipinski definition) is 1.